The maximum Gasteiger partial charge on any atom is 0.182 e. The second-order valence-corrected chi connectivity index (χ2v) is 6.01. The predicted octanol–water partition coefficient (Wildman–Crippen LogP) is 4.52. The quantitative estimate of drug-likeness (QED) is 0.817. The molecule has 0 radical (unpaired) electrons. The normalized spacial score (nSPS) is 10.5. The molecular weight excluding hydrogens is 272 g/mol. The highest BCUT2D eigenvalue weighted by Gasteiger charge is 2.02. The summed E-state index contributed by atoms with van der Waals surface area (Å²) >= 11 is 9.42. The second kappa shape index (κ2) is 6.28. The molecule has 17 heavy (non-hydrogen) atoms. The average Bonchev–Trinajstić information content (AvgIpc) is 2.75. The molecule has 2 nitrogen and oxygen atoms in total. The van der Waals surface area contributed by atoms with E-state index in [-0.39, 0.29) is 0 Å². The van der Waals surface area contributed by atoms with Crippen LogP contribution in [0, 0.1) is 0 Å². The SMILES string of the molecule is CCNc1ncc(CSc2cccc(Cl)c2)s1. The van der Waals surface area contributed by atoms with E-state index in [1.165, 1.54) is 9.77 Å². The van der Waals surface area contributed by atoms with Gasteiger partial charge in [0.1, 0.15) is 0 Å². The fraction of sp³-hybridized carbons (Fsp3) is 0.250. The first kappa shape index (κ1) is 12.7. The lowest BCUT2D eigenvalue weighted by molar-refractivity contribution is 1.19. The average molecular weight is 285 g/mol. The van der Waals surface area contributed by atoms with Gasteiger partial charge in [-0.25, -0.2) is 4.98 Å². The molecule has 1 heterocycles. The topological polar surface area (TPSA) is 24.9 Å². The Bertz CT molecular complexity index is 485. The van der Waals surface area contributed by atoms with E-state index in [1.807, 2.05) is 24.4 Å². The third-order valence-corrected chi connectivity index (χ3v) is 4.47. The van der Waals surface area contributed by atoms with Crippen LogP contribution < -0.4 is 5.32 Å². The van der Waals surface area contributed by atoms with Crippen molar-refractivity contribution in [1.29, 1.82) is 0 Å². The molecule has 0 saturated heterocycles. The van der Waals surface area contributed by atoms with Crippen molar-refractivity contribution in [1.82, 2.24) is 4.98 Å². The number of hydrogen-bond donors (Lipinski definition) is 1. The molecule has 0 saturated carbocycles. The zero-order chi connectivity index (χ0) is 12.1. The number of nitrogens with one attached hydrogen (secondary N) is 1. The highest BCUT2D eigenvalue weighted by molar-refractivity contribution is 7.98. The lowest BCUT2D eigenvalue weighted by Gasteiger charge is -1.99. The summed E-state index contributed by atoms with van der Waals surface area (Å²) in [6, 6.07) is 7.92. The molecule has 0 aliphatic heterocycles. The summed E-state index contributed by atoms with van der Waals surface area (Å²) in [7, 11) is 0. The highest BCUT2D eigenvalue weighted by atomic mass is 35.5. The van der Waals surface area contributed by atoms with E-state index in [4.69, 9.17) is 11.6 Å². The van der Waals surface area contributed by atoms with Crippen molar-refractivity contribution < 1.29 is 0 Å². The molecule has 0 bridgehead atoms. The first-order valence-electron chi connectivity index (χ1n) is 5.35. The Morgan fingerprint density at radius 2 is 2.35 bits per heavy atom. The van der Waals surface area contributed by atoms with Crippen molar-refractivity contribution in [3.8, 4) is 0 Å². The van der Waals surface area contributed by atoms with Crippen LogP contribution in [-0.2, 0) is 5.75 Å². The van der Waals surface area contributed by atoms with Crippen molar-refractivity contribution >= 4 is 39.8 Å². The lowest BCUT2D eigenvalue weighted by atomic mass is 10.4. The van der Waals surface area contributed by atoms with Crippen molar-refractivity contribution in [3.05, 3.63) is 40.4 Å². The van der Waals surface area contributed by atoms with Gasteiger partial charge in [-0.1, -0.05) is 17.7 Å². The van der Waals surface area contributed by atoms with Crippen LogP contribution >= 0.6 is 34.7 Å². The summed E-state index contributed by atoms with van der Waals surface area (Å²) in [6.45, 7) is 2.98. The van der Waals surface area contributed by atoms with Crippen LogP contribution in [0.1, 0.15) is 11.8 Å². The number of thiazole rings is 1. The number of hydrogen-bond acceptors (Lipinski definition) is 4. The van der Waals surface area contributed by atoms with E-state index in [0.29, 0.717) is 0 Å². The maximum atomic E-state index is 5.94. The molecule has 0 atom stereocenters. The van der Waals surface area contributed by atoms with Gasteiger partial charge in [0.15, 0.2) is 5.13 Å². The van der Waals surface area contributed by atoms with Crippen molar-refractivity contribution in [2.75, 3.05) is 11.9 Å². The molecular formula is C12H13ClN2S2. The van der Waals surface area contributed by atoms with E-state index < -0.39 is 0 Å². The maximum absolute atomic E-state index is 5.94. The van der Waals surface area contributed by atoms with Gasteiger partial charge in [0.2, 0.25) is 0 Å². The van der Waals surface area contributed by atoms with Gasteiger partial charge >= 0.3 is 0 Å². The molecule has 1 aromatic carbocycles. The van der Waals surface area contributed by atoms with Gasteiger partial charge in [-0.05, 0) is 25.1 Å². The van der Waals surface area contributed by atoms with Crippen LogP contribution in [0.5, 0.6) is 0 Å². The molecule has 0 unspecified atom stereocenters. The third kappa shape index (κ3) is 3.91. The van der Waals surface area contributed by atoms with E-state index >= 15 is 0 Å². The number of halogens is 1. The lowest BCUT2D eigenvalue weighted by Crippen LogP contribution is -1.94. The van der Waals surface area contributed by atoms with E-state index in [9.17, 15) is 0 Å². The van der Waals surface area contributed by atoms with Gasteiger partial charge in [-0.3, -0.25) is 0 Å². The zero-order valence-electron chi connectivity index (χ0n) is 9.44. The minimum absolute atomic E-state index is 0.785. The number of anilines is 1. The smallest absolute Gasteiger partial charge is 0.182 e. The van der Waals surface area contributed by atoms with E-state index in [1.54, 1.807) is 23.1 Å². The van der Waals surface area contributed by atoms with Gasteiger partial charge in [0.25, 0.3) is 0 Å². The fourth-order valence-corrected chi connectivity index (χ4v) is 3.43. The Hall–Kier alpha value is -0.710. The second-order valence-electron chi connectivity index (χ2n) is 3.41. The Morgan fingerprint density at radius 1 is 1.47 bits per heavy atom. The number of nitrogens with zero attached hydrogens (tertiary/aromatic N) is 1. The van der Waals surface area contributed by atoms with Crippen molar-refractivity contribution in [2.45, 2.75) is 17.6 Å². The monoisotopic (exact) mass is 284 g/mol. The molecule has 0 spiro atoms. The Kier molecular flexibility index (Phi) is 4.71. The fourth-order valence-electron chi connectivity index (χ4n) is 1.32. The summed E-state index contributed by atoms with van der Waals surface area (Å²) in [5.41, 5.74) is 0. The van der Waals surface area contributed by atoms with Crippen LogP contribution in [0.25, 0.3) is 0 Å². The minimum atomic E-state index is 0.785. The molecule has 2 aromatic rings. The van der Waals surface area contributed by atoms with Gasteiger partial charge in [0.05, 0.1) is 0 Å². The van der Waals surface area contributed by atoms with Gasteiger partial charge in [-0.2, -0.15) is 0 Å². The van der Waals surface area contributed by atoms with Crippen LogP contribution in [-0.4, -0.2) is 11.5 Å². The molecule has 90 valence electrons. The summed E-state index contributed by atoms with van der Waals surface area (Å²) < 4.78 is 0. The number of aromatic nitrogens is 1. The molecule has 0 aliphatic rings. The van der Waals surface area contributed by atoms with E-state index in [2.05, 4.69) is 23.3 Å². The molecule has 0 amide bonds. The summed E-state index contributed by atoms with van der Waals surface area (Å²) in [4.78, 5) is 6.76. The minimum Gasteiger partial charge on any atom is -0.362 e. The first-order chi connectivity index (χ1) is 8.28. The zero-order valence-corrected chi connectivity index (χ0v) is 11.8. The van der Waals surface area contributed by atoms with Gasteiger partial charge < -0.3 is 5.32 Å². The summed E-state index contributed by atoms with van der Waals surface area (Å²) in [6.07, 6.45) is 1.93. The highest BCUT2D eigenvalue weighted by Crippen LogP contribution is 2.28. The standard InChI is InChI=1S/C12H13ClN2S2/c1-2-14-12-15-7-11(17-12)8-16-10-5-3-4-9(13)6-10/h3-7H,2,8H2,1H3,(H,14,15). The molecule has 1 N–H and O–H groups in total. The van der Waals surface area contributed by atoms with Crippen LogP contribution in [0.2, 0.25) is 5.02 Å². The molecule has 0 fully saturated rings. The molecule has 2 rings (SSSR count). The summed E-state index contributed by atoms with van der Waals surface area (Å²) in [5, 5.41) is 4.99. The van der Waals surface area contributed by atoms with Gasteiger partial charge in [0, 0.05) is 33.3 Å². The van der Waals surface area contributed by atoms with Crippen LogP contribution in [0.4, 0.5) is 5.13 Å². The first-order valence-corrected chi connectivity index (χ1v) is 7.53. The van der Waals surface area contributed by atoms with Crippen LogP contribution in [0.3, 0.4) is 0 Å². The predicted molar refractivity (Wildman–Crippen MR) is 77.3 cm³/mol. The molecule has 1 aromatic heterocycles. The largest absolute Gasteiger partial charge is 0.362 e. The van der Waals surface area contributed by atoms with Gasteiger partial charge in [-0.15, -0.1) is 23.1 Å². The Morgan fingerprint density at radius 3 is 3.12 bits per heavy atom. The Labute approximate surface area is 114 Å². The van der Waals surface area contributed by atoms with Crippen molar-refractivity contribution in [3.63, 3.8) is 0 Å². The third-order valence-electron chi connectivity index (χ3n) is 2.06. The number of thioether (sulfide) groups is 1. The Balaban J connectivity index is 1.93. The number of rotatable bonds is 5. The van der Waals surface area contributed by atoms with Crippen molar-refractivity contribution in [2.24, 2.45) is 0 Å². The van der Waals surface area contributed by atoms with Crippen LogP contribution in [0.15, 0.2) is 35.4 Å². The summed E-state index contributed by atoms with van der Waals surface area (Å²) in [5.74, 6) is 0.934. The molecule has 5 heteroatoms. The van der Waals surface area contributed by atoms with E-state index in [0.717, 1.165) is 22.5 Å². The molecule has 0 aliphatic carbocycles. The number of benzene rings is 1.